The van der Waals surface area contributed by atoms with Crippen molar-refractivity contribution in [2.24, 2.45) is 5.92 Å². The Bertz CT molecular complexity index is 961. The first-order valence-corrected chi connectivity index (χ1v) is 12.0. The number of urea groups is 1. The zero-order valence-electron chi connectivity index (χ0n) is 20.2. The molecule has 9 nitrogen and oxygen atoms in total. The summed E-state index contributed by atoms with van der Waals surface area (Å²) in [7, 11) is 0. The number of ether oxygens (including phenoxy) is 2. The molecule has 3 atom stereocenters. The second-order valence-electron chi connectivity index (χ2n) is 8.61. The Morgan fingerprint density at radius 3 is 2.34 bits per heavy atom. The lowest BCUT2D eigenvalue weighted by Gasteiger charge is -2.23. The van der Waals surface area contributed by atoms with Gasteiger partial charge in [-0.2, -0.15) is 0 Å². The Morgan fingerprint density at radius 1 is 1.03 bits per heavy atom. The number of carbonyl (C=O) groups is 3. The smallest absolute Gasteiger partial charge is 0.408 e. The van der Waals surface area contributed by atoms with Gasteiger partial charge in [-0.25, -0.2) is 9.59 Å². The van der Waals surface area contributed by atoms with Crippen LogP contribution >= 0.6 is 0 Å². The lowest BCUT2D eigenvalue weighted by molar-refractivity contribution is -0.119. The highest BCUT2D eigenvalue weighted by molar-refractivity contribution is 5.97. The summed E-state index contributed by atoms with van der Waals surface area (Å²) in [5, 5.41) is 11.1. The molecule has 0 aliphatic carbocycles. The van der Waals surface area contributed by atoms with Gasteiger partial charge in [0, 0.05) is 24.5 Å². The average molecular weight is 483 g/mol. The molecule has 1 saturated heterocycles. The van der Waals surface area contributed by atoms with Gasteiger partial charge < -0.3 is 30.7 Å². The average Bonchev–Trinajstić information content (AvgIpc) is 3.40. The minimum absolute atomic E-state index is 0.0704. The molecule has 1 unspecified atom stereocenters. The molecule has 0 radical (unpaired) electrons. The zero-order valence-corrected chi connectivity index (χ0v) is 20.2. The number of carbonyl (C=O) groups excluding carboxylic acids is 3. The molecule has 188 valence electrons. The number of nitrogens with one attached hydrogen (secondary N) is 4. The van der Waals surface area contributed by atoms with Crippen LogP contribution in [0.5, 0.6) is 0 Å². The minimum Gasteiger partial charge on any atom is -0.445 e. The molecule has 0 bridgehead atoms. The second kappa shape index (κ2) is 13.3. The zero-order chi connectivity index (χ0) is 25.0. The van der Waals surface area contributed by atoms with Gasteiger partial charge in [-0.15, -0.1) is 0 Å². The topological polar surface area (TPSA) is 118 Å². The van der Waals surface area contributed by atoms with Gasteiger partial charge in [0.25, 0.3) is 0 Å². The van der Waals surface area contributed by atoms with Crippen molar-refractivity contribution in [3.8, 4) is 0 Å². The Kier molecular flexibility index (Phi) is 9.92. The van der Waals surface area contributed by atoms with Crippen molar-refractivity contribution in [2.75, 3.05) is 23.8 Å². The molecule has 1 heterocycles. The summed E-state index contributed by atoms with van der Waals surface area (Å²) in [6, 6.07) is 15.0. The molecule has 3 rings (SSSR count). The lowest BCUT2D eigenvalue weighted by Crippen LogP contribution is -2.47. The fraction of sp³-hybridized carbons (Fsp3) is 0.423. The maximum absolute atomic E-state index is 12.9. The lowest BCUT2D eigenvalue weighted by atomic mass is 9.98. The summed E-state index contributed by atoms with van der Waals surface area (Å²) >= 11 is 0. The van der Waals surface area contributed by atoms with E-state index in [4.69, 9.17) is 9.47 Å². The van der Waals surface area contributed by atoms with E-state index in [0.29, 0.717) is 24.3 Å². The van der Waals surface area contributed by atoms with Crippen molar-refractivity contribution < 1.29 is 23.9 Å². The highest BCUT2D eigenvalue weighted by atomic mass is 16.5. The van der Waals surface area contributed by atoms with Crippen LogP contribution in [0.3, 0.4) is 0 Å². The van der Waals surface area contributed by atoms with Gasteiger partial charge in [0.15, 0.2) is 0 Å². The van der Waals surface area contributed by atoms with Crippen LogP contribution in [-0.4, -0.2) is 43.3 Å². The number of hydrogen-bond acceptors (Lipinski definition) is 5. The van der Waals surface area contributed by atoms with E-state index in [1.54, 1.807) is 24.3 Å². The highest BCUT2D eigenvalue weighted by Crippen LogP contribution is 2.16. The van der Waals surface area contributed by atoms with Crippen molar-refractivity contribution in [2.45, 2.75) is 51.9 Å². The first-order valence-electron chi connectivity index (χ1n) is 12.0. The molecule has 2 aromatic rings. The molecule has 0 aromatic heterocycles. The number of rotatable bonds is 10. The summed E-state index contributed by atoms with van der Waals surface area (Å²) in [5.74, 6) is -0.446. The van der Waals surface area contributed by atoms with Crippen molar-refractivity contribution in [1.82, 2.24) is 10.6 Å². The summed E-state index contributed by atoms with van der Waals surface area (Å²) in [4.78, 5) is 37.3. The van der Waals surface area contributed by atoms with Crippen molar-refractivity contribution >= 4 is 29.4 Å². The molecule has 0 spiro atoms. The minimum atomic E-state index is -0.760. The maximum atomic E-state index is 12.9. The van der Waals surface area contributed by atoms with Crippen molar-refractivity contribution in [3.05, 3.63) is 60.2 Å². The van der Waals surface area contributed by atoms with Gasteiger partial charge in [-0.3, -0.25) is 4.79 Å². The first kappa shape index (κ1) is 26.0. The third kappa shape index (κ3) is 8.60. The van der Waals surface area contributed by atoms with Gasteiger partial charge >= 0.3 is 12.1 Å². The largest absolute Gasteiger partial charge is 0.445 e. The van der Waals surface area contributed by atoms with E-state index in [2.05, 4.69) is 21.3 Å². The van der Waals surface area contributed by atoms with E-state index < -0.39 is 12.1 Å². The molecule has 9 heteroatoms. The third-order valence-electron chi connectivity index (χ3n) is 5.91. The van der Waals surface area contributed by atoms with Gasteiger partial charge in [-0.05, 0) is 48.6 Å². The highest BCUT2D eigenvalue weighted by Gasteiger charge is 2.26. The van der Waals surface area contributed by atoms with Gasteiger partial charge in [0.05, 0.1) is 6.10 Å². The fourth-order valence-corrected chi connectivity index (χ4v) is 3.64. The number of anilines is 2. The molecule has 4 amide bonds. The van der Waals surface area contributed by atoms with Crippen LogP contribution in [0, 0.1) is 5.92 Å². The number of alkyl carbamates (subject to hydrolysis) is 1. The van der Waals surface area contributed by atoms with E-state index in [-0.39, 0.29) is 30.6 Å². The SMILES string of the molecule is CC[C@H](C)[C@H](NC(=O)OCc1ccccc1)C(=O)Nc1ccc(NC(=O)NCC2CCCO2)cc1. The Labute approximate surface area is 206 Å². The van der Waals surface area contributed by atoms with E-state index >= 15 is 0 Å². The van der Waals surface area contributed by atoms with Crippen LogP contribution in [0.4, 0.5) is 21.0 Å². The summed E-state index contributed by atoms with van der Waals surface area (Å²) in [6.45, 7) is 5.18. The van der Waals surface area contributed by atoms with Gasteiger partial charge in [0.2, 0.25) is 5.91 Å². The van der Waals surface area contributed by atoms with Crippen LogP contribution in [0.25, 0.3) is 0 Å². The van der Waals surface area contributed by atoms with E-state index in [9.17, 15) is 14.4 Å². The van der Waals surface area contributed by atoms with Crippen molar-refractivity contribution in [1.29, 1.82) is 0 Å². The monoisotopic (exact) mass is 482 g/mol. The van der Waals surface area contributed by atoms with E-state index in [1.165, 1.54) is 0 Å². The standard InChI is InChI=1S/C26H34N4O5/c1-3-18(2)23(30-26(33)35-17-19-8-5-4-6-9-19)24(31)28-20-11-13-21(14-12-20)29-25(32)27-16-22-10-7-15-34-22/h4-6,8-9,11-14,18,22-23H,3,7,10,15-17H2,1-2H3,(H,28,31)(H,30,33)(H2,27,29,32)/t18-,22?,23-/m0/s1. The molecule has 2 aromatic carbocycles. The van der Waals surface area contributed by atoms with Gasteiger partial charge in [-0.1, -0.05) is 50.6 Å². The van der Waals surface area contributed by atoms with Crippen LogP contribution in [0.15, 0.2) is 54.6 Å². The van der Waals surface area contributed by atoms with Crippen LogP contribution in [0.1, 0.15) is 38.7 Å². The molecular weight excluding hydrogens is 448 g/mol. The Balaban J connectivity index is 1.49. The molecule has 1 aliphatic heterocycles. The summed E-state index contributed by atoms with van der Waals surface area (Å²) < 4.78 is 10.8. The maximum Gasteiger partial charge on any atom is 0.408 e. The van der Waals surface area contributed by atoms with E-state index in [0.717, 1.165) is 25.0 Å². The molecule has 35 heavy (non-hydrogen) atoms. The first-order chi connectivity index (χ1) is 16.9. The number of benzene rings is 2. The summed E-state index contributed by atoms with van der Waals surface area (Å²) in [5.41, 5.74) is 2.00. The quantitative estimate of drug-likeness (QED) is 0.403. The van der Waals surface area contributed by atoms with E-state index in [1.807, 2.05) is 44.2 Å². The molecular formula is C26H34N4O5. The van der Waals surface area contributed by atoms with Gasteiger partial charge in [0.1, 0.15) is 12.6 Å². The third-order valence-corrected chi connectivity index (χ3v) is 5.91. The Morgan fingerprint density at radius 2 is 1.71 bits per heavy atom. The molecule has 1 fully saturated rings. The van der Waals surface area contributed by atoms with Crippen molar-refractivity contribution in [3.63, 3.8) is 0 Å². The van der Waals surface area contributed by atoms with Crippen LogP contribution in [0.2, 0.25) is 0 Å². The number of amides is 4. The predicted octanol–water partition coefficient (Wildman–Crippen LogP) is 4.27. The molecule has 0 saturated carbocycles. The normalized spacial score (nSPS) is 16.6. The predicted molar refractivity (Wildman–Crippen MR) is 134 cm³/mol. The molecule has 4 N–H and O–H groups in total. The van der Waals surface area contributed by atoms with Crippen LogP contribution < -0.4 is 21.3 Å². The van der Waals surface area contributed by atoms with Crippen LogP contribution in [-0.2, 0) is 20.9 Å². The molecule has 1 aliphatic rings. The second-order valence-corrected chi connectivity index (χ2v) is 8.61. The fourth-order valence-electron chi connectivity index (χ4n) is 3.64. The number of hydrogen-bond donors (Lipinski definition) is 4. The Hall–Kier alpha value is -3.59. The summed E-state index contributed by atoms with van der Waals surface area (Å²) in [6.07, 6.45) is 2.08.